The number of carbonyl (C=O) groups excluding carboxylic acids is 2. The Morgan fingerprint density at radius 1 is 0.536 bits per heavy atom. The van der Waals surface area contributed by atoms with Crippen molar-refractivity contribution in [2.24, 2.45) is 29.1 Å². The summed E-state index contributed by atoms with van der Waals surface area (Å²) in [6.45, 7) is 18.0. The third-order valence-electron chi connectivity index (χ3n) is 18.8. The Morgan fingerprint density at radius 3 is 1.18 bits per heavy atom. The minimum Gasteiger partial charge on any atom is -0.550 e. The lowest BCUT2D eigenvalue weighted by molar-refractivity contribution is -1.21. The Labute approximate surface area is 341 Å². The largest absolute Gasteiger partial charge is 0.550 e. The Morgan fingerprint density at radius 2 is 0.857 bits per heavy atom. The minimum absolute atomic E-state index is 0.0396. The Bertz CT molecular complexity index is 1270. The van der Waals surface area contributed by atoms with Gasteiger partial charge in [-0.05, 0) is 138 Å². The maximum absolute atomic E-state index is 14.6. The standard InChI is InChI=1S/C48H84N2O6/c1-42(2)32-38(33-43(3,4)49(42,55)46-27-18-13-22-36(46)23-14-19-28-46)48(41(53)54,31-17-11-9-10-12-26-40(51)52)39-34-44(5,6)50(56,45(7,8)35-39)47-29-20-15-24-37(47)25-16-21-30-47/h36-39,55-56H,9-35H2,1-8H3. The molecular formula is C48H84N2O6. The summed E-state index contributed by atoms with van der Waals surface area (Å²) in [7, 11) is 0. The number of carboxylic acid groups (broad SMARTS) is 2. The monoisotopic (exact) mass is 785 g/mol. The fourth-order valence-corrected chi connectivity index (χ4v) is 17.2. The average Bonchev–Trinajstić information content (AvgIpc) is 3.12. The van der Waals surface area contributed by atoms with Gasteiger partial charge < -0.3 is 19.8 Å². The van der Waals surface area contributed by atoms with Crippen LogP contribution in [-0.4, -0.2) is 64.9 Å². The predicted octanol–water partition coefficient (Wildman–Crippen LogP) is 9.56. The van der Waals surface area contributed by atoms with Gasteiger partial charge in [0.25, 0.3) is 0 Å². The SMILES string of the molecule is CC1(C)CC(C(CCCCCCCC(=O)[O-])(C(=O)[O-])C2CC(C)(C)[N+](O)(C34CCCCC3CCCC4)C(C)(C)C2)CC(C)(C)[N+]1(O)C12CCCCC1CCCC2. The van der Waals surface area contributed by atoms with Gasteiger partial charge in [-0.2, -0.15) is 9.29 Å². The second kappa shape index (κ2) is 15.7. The van der Waals surface area contributed by atoms with E-state index in [1.165, 1.54) is 51.4 Å². The first-order chi connectivity index (χ1) is 26.1. The third-order valence-corrected chi connectivity index (χ3v) is 18.8. The highest BCUT2D eigenvalue weighted by Crippen LogP contribution is 2.67. The summed E-state index contributed by atoms with van der Waals surface area (Å²) in [4.78, 5) is 25.6. The molecule has 56 heavy (non-hydrogen) atoms. The quantitative estimate of drug-likeness (QED) is 0.142. The van der Waals surface area contributed by atoms with Gasteiger partial charge >= 0.3 is 0 Å². The van der Waals surface area contributed by atoms with E-state index >= 15 is 0 Å². The van der Waals surface area contributed by atoms with Gasteiger partial charge in [0, 0.05) is 80.6 Å². The number of quaternary nitrogens is 2. The summed E-state index contributed by atoms with van der Waals surface area (Å²) in [6.07, 6.45) is 25.3. The zero-order valence-electron chi connectivity index (χ0n) is 37.3. The summed E-state index contributed by atoms with van der Waals surface area (Å²) >= 11 is 0. The molecule has 2 saturated heterocycles. The lowest BCUT2D eigenvalue weighted by atomic mass is 9.49. The summed E-state index contributed by atoms with van der Waals surface area (Å²) in [5.41, 5.74) is -3.83. The lowest BCUT2D eigenvalue weighted by Gasteiger charge is -2.71. The van der Waals surface area contributed by atoms with Crippen molar-refractivity contribution in [1.29, 1.82) is 0 Å². The van der Waals surface area contributed by atoms with Crippen LogP contribution in [0.15, 0.2) is 0 Å². The van der Waals surface area contributed by atoms with Crippen molar-refractivity contribution in [3.05, 3.63) is 0 Å². The zero-order valence-corrected chi connectivity index (χ0v) is 37.3. The van der Waals surface area contributed by atoms with Crippen molar-refractivity contribution in [1.82, 2.24) is 0 Å². The molecule has 4 aliphatic carbocycles. The number of rotatable bonds is 13. The number of hydrogen-bond donors (Lipinski definition) is 2. The number of aliphatic carboxylic acids is 2. The summed E-state index contributed by atoms with van der Waals surface area (Å²) < 4.78 is 0.0792. The molecule has 2 N–H and O–H groups in total. The lowest BCUT2D eigenvalue weighted by Crippen LogP contribution is -2.85. The Balaban J connectivity index is 1.40. The van der Waals surface area contributed by atoms with Crippen molar-refractivity contribution >= 4 is 11.9 Å². The Kier molecular flexibility index (Phi) is 12.4. The molecule has 0 spiro atoms. The third kappa shape index (κ3) is 6.66. The van der Waals surface area contributed by atoms with E-state index in [-0.39, 0.29) is 38.6 Å². The van der Waals surface area contributed by atoms with Crippen LogP contribution >= 0.6 is 0 Å². The number of fused-ring (bicyclic) bond motifs is 2. The van der Waals surface area contributed by atoms with Crippen molar-refractivity contribution in [2.45, 2.75) is 262 Å². The van der Waals surface area contributed by atoms with Gasteiger partial charge in [-0.25, -0.2) is 10.4 Å². The second-order valence-corrected chi connectivity index (χ2v) is 23.3. The van der Waals surface area contributed by atoms with Crippen LogP contribution in [0.1, 0.15) is 229 Å². The maximum Gasteiger partial charge on any atom is 0.133 e. The maximum atomic E-state index is 14.6. The molecule has 0 radical (unpaired) electrons. The smallest absolute Gasteiger partial charge is 0.133 e. The predicted molar refractivity (Wildman–Crippen MR) is 217 cm³/mol. The van der Waals surface area contributed by atoms with Crippen LogP contribution in [-0.2, 0) is 9.59 Å². The molecule has 0 bridgehead atoms. The molecule has 4 saturated carbocycles. The molecule has 0 amide bonds. The van der Waals surface area contributed by atoms with Crippen LogP contribution in [0.3, 0.4) is 0 Å². The summed E-state index contributed by atoms with van der Waals surface area (Å²) in [5, 5.41) is 53.0. The highest BCUT2D eigenvalue weighted by Gasteiger charge is 2.76. The van der Waals surface area contributed by atoms with Gasteiger partial charge in [0.1, 0.15) is 33.2 Å². The van der Waals surface area contributed by atoms with Gasteiger partial charge in [0.2, 0.25) is 0 Å². The van der Waals surface area contributed by atoms with E-state index in [0.717, 1.165) is 77.0 Å². The van der Waals surface area contributed by atoms with Gasteiger partial charge in [0.05, 0.1) is 0 Å². The molecule has 2 aliphatic heterocycles. The normalized spacial score (nSPS) is 41.4. The first-order valence-corrected chi connectivity index (χ1v) is 23.8. The van der Waals surface area contributed by atoms with Crippen molar-refractivity contribution < 1.29 is 39.5 Å². The van der Waals surface area contributed by atoms with Gasteiger partial charge in [-0.15, -0.1) is 0 Å². The van der Waals surface area contributed by atoms with Crippen molar-refractivity contribution in [3.63, 3.8) is 0 Å². The van der Waals surface area contributed by atoms with E-state index < -0.39 is 39.5 Å². The molecule has 0 aromatic heterocycles. The number of likely N-dealkylation sites (tertiary alicyclic amines) is 2. The topological polar surface area (TPSA) is 121 Å². The highest BCUT2D eigenvalue weighted by atomic mass is 16.6. The molecule has 6 aliphatic rings. The number of carboxylic acids is 2. The van der Waals surface area contributed by atoms with Gasteiger partial charge in [-0.3, -0.25) is 0 Å². The molecule has 8 nitrogen and oxygen atoms in total. The number of piperidine rings is 2. The molecule has 6 rings (SSSR count). The van der Waals surface area contributed by atoms with E-state index in [9.17, 15) is 30.2 Å². The van der Waals surface area contributed by atoms with Crippen molar-refractivity contribution in [2.75, 3.05) is 0 Å². The Hall–Kier alpha value is -1.22. The molecule has 0 aromatic carbocycles. The van der Waals surface area contributed by atoms with Crippen LogP contribution in [0, 0.1) is 29.1 Å². The van der Waals surface area contributed by atoms with Crippen LogP contribution in [0.2, 0.25) is 0 Å². The number of hydroxylamine groups is 6. The highest BCUT2D eigenvalue weighted by molar-refractivity contribution is 5.73. The summed E-state index contributed by atoms with van der Waals surface area (Å²) in [6, 6.07) is 0. The van der Waals surface area contributed by atoms with E-state index in [2.05, 4.69) is 55.4 Å². The fraction of sp³-hybridized carbons (Fsp3) is 0.958. The molecule has 322 valence electrons. The first kappa shape index (κ1) is 44.3. The van der Waals surface area contributed by atoms with Gasteiger partial charge in [-0.1, -0.05) is 51.4 Å². The van der Waals surface area contributed by atoms with E-state index in [1.807, 2.05) is 0 Å². The first-order valence-electron chi connectivity index (χ1n) is 23.8. The van der Waals surface area contributed by atoms with E-state index in [4.69, 9.17) is 0 Å². The number of unbranched alkanes of at least 4 members (excludes halogenated alkanes) is 4. The number of nitrogens with zero attached hydrogens (tertiary/aromatic N) is 2. The molecule has 0 aromatic rings. The zero-order chi connectivity index (χ0) is 41.1. The average molecular weight is 785 g/mol. The van der Waals surface area contributed by atoms with Gasteiger partial charge in [0.15, 0.2) is 0 Å². The molecule has 8 heteroatoms. The second-order valence-electron chi connectivity index (χ2n) is 23.3. The molecule has 2 heterocycles. The van der Waals surface area contributed by atoms with Crippen molar-refractivity contribution in [3.8, 4) is 0 Å². The summed E-state index contributed by atoms with van der Waals surface area (Å²) in [5.74, 6) is -1.35. The molecule has 0 unspecified atom stereocenters. The molecular weight excluding hydrogens is 701 g/mol. The van der Waals surface area contributed by atoms with Crippen LogP contribution < -0.4 is 10.2 Å². The molecule has 0 atom stereocenters. The van der Waals surface area contributed by atoms with Crippen LogP contribution in [0.5, 0.6) is 0 Å². The van der Waals surface area contributed by atoms with E-state index in [1.54, 1.807) is 0 Å². The minimum atomic E-state index is -1.13. The number of hydrogen-bond acceptors (Lipinski definition) is 6. The van der Waals surface area contributed by atoms with Crippen LogP contribution in [0.4, 0.5) is 0 Å². The fourth-order valence-electron chi connectivity index (χ4n) is 17.2. The van der Waals surface area contributed by atoms with Crippen LogP contribution in [0.25, 0.3) is 0 Å². The van der Waals surface area contributed by atoms with E-state index in [0.29, 0.717) is 50.4 Å². The number of carbonyl (C=O) groups is 2. The molecule has 6 fully saturated rings.